The van der Waals surface area contributed by atoms with Crippen molar-refractivity contribution in [3.63, 3.8) is 0 Å². The van der Waals surface area contributed by atoms with Gasteiger partial charge in [-0.2, -0.15) is 0 Å². The molecule has 3 unspecified atom stereocenters. The number of benzene rings is 3. The molecule has 206 valence electrons. The molecule has 3 aromatic rings. The van der Waals surface area contributed by atoms with Crippen molar-refractivity contribution in [3.8, 4) is 0 Å². The number of nitrogens with one attached hydrogen (secondary N) is 1. The Balaban J connectivity index is 1.49. The van der Waals surface area contributed by atoms with Gasteiger partial charge in [0.2, 0.25) is 11.8 Å². The number of nitrogens with zero attached hydrogens (tertiary/aromatic N) is 2. The first-order valence-corrected chi connectivity index (χ1v) is 13.2. The zero-order chi connectivity index (χ0) is 27.9. The summed E-state index contributed by atoms with van der Waals surface area (Å²) in [4.78, 5) is 42.1. The van der Waals surface area contributed by atoms with Gasteiger partial charge in [0.25, 0.3) is 0 Å². The molecule has 0 spiro atoms. The van der Waals surface area contributed by atoms with E-state index in [9.17, 15) is 18.8 Å². The molecule has 0 bridgehead atoms. The molecular weight excluding hydrogens is 499 g/mol. The number of halogens is 1. The Morgan fingerprint density at radius 1 is 1.00 bits per heavy atom. The summed E-state index contributed by atoms with van der Waals surface area (Å²) in [5, 5.41) is 4.87. The summed E-state index contributed by atoms with van der Waals surface area (Å²) in [6.45, 7) is 3.30. The highest BCUT2D eigenvalue weighted by atomic mass is 19.1. The summed E-state index contributed by atoms with van der Waals surface area (Å²) in [5.74, 6) is -1.03. The number of hydrogen-bond acceptors (Lipinski definition) is 5. The van der Waals surface area contributed by atoms with E-state index in [1.807, 2.05) is 43.3 Å². The fraction of sp³-hybridized carbons (Fsp3) is 0.367. The molecule has 3 aromatic carbocycles. The molecule has 1 heterocycles. The monoisotopic (exact) mass is 534 g/mol. The maximum absolute atomic E-state index is 13.7. The highest BCUT2D eigenvalue weighted by Crippen LogP contribution is 2.22. The van der Waals surface area contributed by atoms with Gasteiger partial charge < -0.3 is 20.7 Å². The molecule has 0 aliphatic carbocycles. The standard InChI is InChI=1S/C30H35FN4O4/c1-3-25-19-34(27(28(32)36)18-21-8-11-22-6-4-5-7-23(22)16-21)14-15-35(25)29(37)26(33-30(38)39-2)17-20-9-12-24(31)13-10-20/h4-13,16,25-27H,3,14-15,17-19H2,1-2H3,(H2,32,36)(H,33,38). The molecule has 3 atom stereocenters. The summed E-state index contributed by atoms with van der Waals surface area (Å²) in [6, 6.07) is 18.5. The minimum absolute atomic E-state index is 0.181. The van der Waals surface area contributed by atoms with E-state index in [4.69, 9.17) is 10.5 Å². The molecule has 1 fully saturated rings. The molecule has 1 aliphatic rings. The van der Waals surface area contributed by atoms with Crippen LogP contribution in [0.15, 0.2) is 66.7 Å². The number of carbonyl (C=O) groups excluding carboxylic acids is 3. The fourth-order valence-corrected chi connectivity index (χ4v) is 5.26. The molecular formula is C30H35FN4O4. The van der Waals surface area contributed by atoms with Gasteiger partial charge in [0.1, 0.15) is 11.9 Å². The summed E-state index contributed by atoms with van der Waals surface area (Å²) in [6.07, 6.45) is 0.607. The minimum atomic E-state index is -0.881. The smallest absolute Gasteiger partial charge is 0.407 e. The van der Waals surface area contributed by atoms with Gasteiger partial charge in [-0.15, -0.1) is 0 Å². The molecule has 1 saturated heterocycles. The molecule has 4 rings (SSSR count). The van der Waals surface area contributed by atoms with Gasteiger partial charge in [0.05, 0.1) is 13.2 Å². The molecule has 0 saturated carbocycles. The highest BCUT2D eigenvalue weighted by Gasteiger charge is 2.37. The van der Waals surface area contributed by atoms with Crippen LogP contribution in [0.3, 0.4) is 0 Å². The third-order valence-electron chi connectivity index (χ3n) is 7.41. The predicted octanol–water partition coefficient (Wildman–Crippen LogP) is 3.27. The number of fused-ring (bicyclic) bond motifs is 1. The van der Waals surface area contributed by atoms with Crippen LogP contribution < -0.4 is 11.1 Å². The van der Waals surface area contributed by atoms with Gasteiger partial charge in [-0.1, -0.05) is 61.5 Å². The van der Waals surface area contributed by atoms with E-state index in [1.165, 1.54) is 19.2 Å². The van der Waals surface area contributed by atoms with Crippen molar-refractivity contribution in [1.29, 1.82) is 0 Å². The third kappa shape index (κ3) is 6.92. The Morgan fingerprint density at radius 3 is 2.36 bits per heavy atom. The van der Waals surface area contributed by atoms with Crippen molar-refractivity contribution < 1.29 is 23.5 Å². The largest absolute Gasteiger partial charge is 0.453 e. The maximum Gasteiger partial charge on any atom is 0.407 e. The average molecular weight is 535 g/mol. The van der Waals surface area contributed by atoms with Crippen molar-refractivity contribution in [1.82, 2.24) is 15.1 Å². The fourth-order valence-electron chi connectivity index (χ4n) is 5.26. The zero-order valence-corrected chi connectivity index (χ0v) is 22.3. The summed E-state index contributed by atoms with van der Waals surface area (Å²) in [5.41, 5.74) is 7.60. The first-order chi connectivity index (χ1) is 18.8. The molecule has 9 heteroatoms. The number of primary amides is 1. The van der Waals surface area contributed by atoms with Gasteiger partial charge in [0, 0.05) is 32.1 Å². The van der Waals surface area contributed by atoms with Crippen molar-refractivity contribution in [2.45, 2.75) is 44.3 Å². The van der Waals surface area contributed by atoms with Crippen molar-refractivity contribution in [2.24, 2.45) is 5.73 Å². The maximum atomic E-state index is 13.7. The second kappa shape index (κ2) is 12.7. The second-order valence-corrected chi connectivity index (χ2v) is 9.91. The summed E-state index contributed by atoms with van der Waals surface area (Å²) < 4.78 is 18.1. The molecule has 3 N–H and O–H groups in total. The van der Waals surface area contributed by atoms with Gasteiger partial charge in [0.15, 0.2) is 0 Å². The number of methoxy groups -OCH3 is 1. The van der Waals surface area contributed by atoms with E-state index in [0.29, 0.717) is 38.0 Å². The SMILES string of the molecule is CCC1CN(C(Cc2ccc3ccccc3c2)C(N)=O)CCN1C(=O)C(Cc1ccc(F)cc1)NC(=O)OC. The number of rotatable bonds is 9. The lowest BCUT2D eigenvalue weighted by Gasteiger charge is -2.44. The van der Waals surface area contributed by atoms with Crippen LogP contribution in [0, 0.1) is 5.82 Å². The predicted molar refractivity (Wildman–Crippen MR) is 147 cm³/mol. The number of piperazine rings is 1. The van der Waals surface area contributed by atoms with E-state index in [-0.39, 0.29) is 24.2 Å². The number of carbonyl (C=O) groups is 3. The molecule has 0 aromatic heterocycles. The van der Waals surface area contributed by atoms with Crippen molar-refractivity contribution in [2.75, 3.05) is 26.7 Å². The Bertz CT molecular complexity index is 1320. The number of hydrogen-bond donors (Lipinski definition) is 2. The number of nitrogens with two attached hydrogens (primary N) is 1. The van der Waals surface area contributed by atoms with Gasteiger partial charge in [-0.25, -0.2) is 9.18 Å². The van der Waals surface area contributed by atoms with Crippen LogP contribution in [0.5, 0.6) is 0 Å². The van der Waals surface area contributed by atoms with Crippen LogP contribution in [0.25, 0.3) is 10.8 Å². The van der Waals surface area contributed by atoms with Gasteiger partial charge in [-0.3, -0.25) is 14.5 Å². The lowest BCUT2D eigenvalue weighted by atomic mass is 9.98. The second-order valence-electron chi connectivity index (χ2n) is 9.91. The van der Waals surface area contributed by atoms with E-state index in [0.717, 1.165) is 16.3 Å². The minimum Gasteiger partial charge on any atom is -0.453 e. The Morgan fingerprint density at radius 2 is 1.69 bits per heavy atom. The van der Waals surface area contributed by atoms with Crippen LogP contribution in [-0.2, 0) is 27.2 Å². The molecule has 8 nitrogen and oxygen atoms in total. The van der Waals surface area contributed by atoms with Crippen LogP contribution in [-0.4, -0.2) is 72.6 Å². The molecule has 3 amide bonds. The van der Waals surface area contributed by atoms with Crippen LogP contribution in [0.4, 0.5) is 9.18 Å². The third-order valence-corrected chi connectivity index (χ3v) is 7.41. The van der Waals surface area contributed by atoms with E-state index in [1.54, 1.807) is 17.0 Å². The van der Waals surface area contributed by atoms with Crippen LogP contribution >= 0.6 is 0 Å². The number of ether oxygens (including phenoxy) is 1. The van der Waals surface area contributed by atoms with Crippen LogP contribution in [0.2, 0.25) is 0 Å². The first-order valence-electron chi connectivity index (χ1n) is 13.2. The Hall–Kier alpha value is -3.98. The van der Waals surface area contributed by atoms with Crippen molar-refractivity contribution >= 4 is 28.7 Å². The Labute approximate surface area is 227 Å². The van der Waals surface area contributed by atoms with Crippen LogP contribution in [0.1, 0.15) is 24.5 Å². The number of amides is 3. The van der Waals surface area contributed by atoms with E-state index >= 15 is 0 Å². The zero-order valence-electron chi connectivity index (χ0n) is 22.3. The molecule has 0 radical (unpaired) electrons. The van der Waals surface area contributed by atoms with E-state index in [2.05, 4.69) is 16.3 Å². The van der Waals surface area contributed by atoms with E-state index < -0.39 is 24.1 Å². The lowest BCUT2D eigenvalue weighted by molar-refractivity contribution is -0.139. The average Bonchev–Trinajstić information content (AvgIpc) is 2.95. The molecule has 39 heavy (non-hydrogen) atoms. The van der Waals surface area contributed by atoms with Crippen molar-refractivity contribution in [3.05, 3.63) is 83.7 Å². The summed E-state index contributed by atoms with van der Waals surface area (Å²) >= 11 is 0. The quantitative estimate of drug-likeness (QED) is 0.439. The Kier molecular flexibility index (Phi) is 9.14. The lowest BCUT2D eigenvalue weighted by Crippen LogP contribution is -2.62. The van der Waals surface area contributed by atoms with Gasteiger partial charge in [-0.05, 0) is 46.9 Å². The van der Waals surface area contributed by atoms with Gasteiger partial charge >= 0.3 is 6.09 Å². The first kappa shape index (κ1) is 28.0. The summed E-state index contributed by atoms with van der Waals surface area (Å²) in [7, 11) is 1.24. The topological polar surface area (TPSA) is 105 Å². The highest BCUT2D eigenvalue weighted by molar-refractivity contribution is 5.87. The number of alkyl carbamates (subject to hydrolysis) is 1. The normalized spacial score (nSPS) is 17.4. The molecule has 1 aliphatic heterocycles.